The highest BCUT2D eigenvalue weighted by atomic mass is 19.1. The van der Waals surface area contributed by atoms with Crippen molar-refractivity contribution in [3.05, 3.63) is 59.5 Å². The van der Waals surface area contributed by atoms with E-state index in [4.69, 9.17) is 8.83 Å². The lowest BCUT2D eigenvalue weighted by atomic mass is 10.1. The van der Waals surface area contributed by atoms with Crippen molar-refractivity contribution in [2.75, 3.05) is 20.6 Å². The molecule has 2 aromatic heterocycles. The number of hydrogen-bond donors (Lipinski definition) is 2. The average Bonchev–Trinajstić information content (AvgIpc) is 3.16. The first kappa shape index (κ1) is 16.3. The first-order valence-electron chi connectivity index (χ1n) is 7.77. The van der Waals surface area contributed by atoms with Crippen molar-refractivity contribution in [3.63, 3.8) is 0 Å². The Balaban J connectivity index is 1.79. The number of aryl methyl sites for hydroxylation is 1. The zero-order valence-corrected chi connectivity index (χ0v) is 13.9. The van der Waals surface area contributed by atoms with Crippen molar-refractivity contribution in [1.29, 1.82) is 0 Å². The van der Waals surface area contributed by atoms with Crippen LogP contribution in [-0.4, -0.2) is 26.5 Å². The second-order valence-corrected chi connectivity index (χ2v) is 6.05. The zero-order chi connectivity index (χ0) is 17.3. The van der Waals surface area contributed by atoms with Crippen LogP contribution in [0, 0.1) is 12.7 Å². The Morgan fingerprint density at radius 2 is 2.12 bits per heavy atom. The zero-order valence-electron chi connectivity index (χ0n) is 13.9. The van der Waals surface area contributed by atoms with E-state index in [2.05, 4.69) is 5.32 Å². The van der Waals surface area contributed by atoms with Crippen molar-refractivity contribution in [2.24, 2.45) is 0 Å². The van der Waals surface area contributed by atoms with Crippen LogP contribution in [0.1, 0.15) is 27.9 Å². The first-order chi connectivity index (χ1) is 11.5. The van der Waals surface area contributed by atoms with Crippen LogP contribution in [0.5, 0.6) is 0 Å². The number of nitrogens with one attached hydrogen (secondary N) is 2. The minimum absolute atomic E-state index is 0.00826. The third-order valence-electron chi connectivity index (χ3n) is 4.15. The third kappa shape index (κ3) is 3.05. The number of fused-ring (bicyclic) bond motifs is 1. The lowest BCUT2D eigenvalue weighted by Crippen LogP contribution is -3.07. The van der Waals surface area contributed by atoms with Gasteiger partial charge in [0, 0.05) is 10.9 Å². The Kier molecular flexibility index (Phi) is 4.40. The molecule has 1 atom stereocenters. The molecule has 0 bridgehead atoms. The summed E-state index contributed by atoms with van der Waals surface area (Å²) in [7, 11) is 3.99. The predicted molar refractivity (Wildman–Crippen MR) is 87.5 cm³/mol. The van der Waals surface area contributed by atoms with Gasteiger partial charge in [-0.2, -0.15) is 0 Å². The van der Waals surface area contributed by atoms with E-state index in [0.29, 0.717) is 23.1 Å². The van der Waals surface area contributed by atoms with Gasteiger partial charge in [0.2, 0.25) is 0 Å². The number of furan rings is 2. The van der Waals surface area contributed by atoms with Gasteiger partial charge in [-0.3, -0.25) is 4.79 Å². The maximum atomic E-state index is 13.4. The highest BCUT2D eigenvalue weighted by Gasteiger charge is 2.24. The molecule has 0 aliphatic rings. The maximum Gasteiger partial charge on any atom is 0.287 e. The van der Waals surface area contributed by atoms with Crippen LogP contribution in [0.4, 0.5) is 4.39 Å². The quantitative estimate of drug-likeness (QED) is 0.753. The molecule has 2 heterocycles. The fourth-order valence-corrected chi connectivity index (χ4v) is 2.76. The molecule has 0 spiro atoms. The summed E-state index contributed by atoms with van der Waals surface area (Å²) >= 11 is 0. The van der Waals surface area contributed by atoms with Crippen LogP contribution in [-0.2, 0) is 0 Å². The van der Waals surface area contributed by atoms with Gasteiger partial charge in [-0.05, 0) is 37.3 Å². The first-order valence-corrected chi connectivity index (χ1v) is 7.77. The second kappa shape index (κ2) is 6.49. The van der Waals surface area contributed by atoms with Gasteiger partial charge in [-0.15, -0.1) is 0 Å². The number of halogens is 1. The maximum absolute atomic E-state index is 13.4. The monoisotopic (exact) mass is 331 g/mol. The molecule has 1 amide bonds. The third-order valence-corrected chi connectivity index (χ3v) is 4.15. The Hall–Kier alpha value is -2.60. The molecule has 3 aromatic rings. The van der Waals surface area contributed by atoms with Crippen LogP contribution in [0.3, 0.4) is 0 Å². The summed E-state index contributed by atoms with van der Waals surface area (Å²) in [5.74, 6) is 0.343. The molecule has 2 N–H and O–H groups in total. The summed E-state index contributed by atoms with van der Waals surface area (Å²) in [6.45, 7) is 2.15. The highest BCUT2D eigenvalue weighted by molar-refractivity contribution is 5.98. The standard InChI is InChI=1S/C18H19FN2O3/c1-11-13-9-12(19)6-7-15(13)24-17(11)18(22)20-10-14(21(2)3)16-5-4-8-23-16/h4-9,14H,10H2,1-3H3,(H,20,22)/p+1/t14-/m1/s1. The molecule has 0 aliphatic heterocycles. The van der Waals surface area contributed by atoms with Crippen LogP contribution in [0.2, 0.25) is 0 Å². The van der Waals surface area contributed by atoms with Crippen molar-refractivity contribution in [3.8, 4) is 0 Å². The molecule has 126 valence electrons. The molecule has 24 heavy (non-hydrogen) atoms. The minimum atomic E-state index is -0.354. The summed E-state index contributed by atoms with van der Waals surface area (Å²) < 4.78 is 24.4. The van der Waals surface area contributed by atoms with E-state index in [1.165, 1.54) is 18.2 Å². The molecule has 6 heteroatoms. The van der Waals surface area contributed by atoms with Gasteiger partial charge in [-0.25, -0.2) is 4.39 Å². The van der Waals surface area contributed by atoms with Gasteiger partial charge in [0.15, 0.2) is 17.6 Å². The number of likely N-dealkylation sites (N-methyl/N-ethyl adjacent to an activating group) is 1. The molecule has 0 radical (unpaired) electrons. The molecule has 1 aromatic carbocycles. The number of carbonyl (C=O) groups excluding carboxylic acids is 1. The van der Waals surface area contributed by atoms with E-state index in [-0.39, 0.29) is 23.5 Å². The second-order valence-electron chi connectivity index (χ2n) is 6.05. The van der Waals surface area contributed by atoms with Crippen LogP contribution < -0.4 is 10.2 Å². The van der Waals surface area contributed by atoms with Gasteiger partial charge >= 0.3 is 0 Å². The van der Waals surface area contributed by atoms with Crippen LogP contribution in [0.25, 0.3) is 11.0 Å². The molecule has 0 fully saturated rings. The summed E-state index contributed by atoms with van der Waals surface area (Å²) in [6, 6.07) is 7.93. The van der Waals surface area contributed by atoms with Crippen molar-refractivity contribution in [1.82, 2.24) is 5.32 Å². The van der Waals surface area contributed by atoms with E-state index in [9.17, 15) is 9.18 Å². The topological polar surface area (TPSA) is 59.8 Å². The fraction of sp³-hybridized carbons (Fsp3) is 0.278. The van der Waals surface area contributed by atoms with Crippen LogP contribution in [0.15, 0.2) is 45.4 Å². The van der Waals surface area contributed by atoms with Gasteiger partial charge in [0.1, 0.15) is 11.4 Å². The predicted octanol–water partition coefficient (Wildman–Crippen LogP) is 2.09. The van der Waals surface area contributed by atoms with E-state index >= 15 is 0 Å². The van der Waals surface area contributed by atoms with Gasteiger partial charge in [0.25, 0.3) is 5.91 Å². The molecule has 0 aliphatic carbocycles. The fourth-order valence-electron chi connectivity index (χ4n) is 2.76. The Morgan fingerprint density at radius 1 is 1.33 bits per heavy atom. The molecule has 0 saturated heterocycles. The summed E-state index contributed by atoms with van der Waals surface area (Å²) in [4.78, 5) is 13.6. The van der Waals surface area contributed by atoms with Gasteiger partial charge < -0.3 is 19.1 Å². The lowest BCUT2D eigenvalue weighted by Gasteiger charge is -2.19. The normalized spacial score (nSPS) is 12.7. The van der Waals surface area contributed by atoms with Crippen LogP contribution >= 0.6 is 0 Å². The Morgan fingerprint density at radius 3 is 2.79 bits per heavy atom. The van der Waals surface area contributed by atoms with Crippen molar-refractivity contribution in [2.45, 2.75) is 13.0 Å². The summed E-state index contributed by atoms with van der Waals surface area (Å²) in [6.07, 6.45) is 1.62. The minimum Gasteiger partial charge on any atom is -0.463 e. The Bertz CT molecular complexity index is 853. The SMILES string of the molecule is Cc1c(C(=O)NC[C@H](c2ccco2)[NH+](C)C)oc2ccc(F)cc12. The van der Waals surface area contributed by atoms with E-state index in [1.54, 1.807) is 13.2 Å². The molecule has 5 nitrogen and oxygen atoms in total. The molecule has 3 rings (SSSR count). The lowest BCUT2D eigenvalue weighted by molar-refractivity contribution is -0.891. The van der Waals surface area contributed by atoms with E-state index < -0.39 is 0 Å². The van der Waals surface area contributed by atoms with Crippen molar-refractivity contribution >= 4 is 16.9 Å². The smallest absolute Gasteiger partial charge is 0.287 e. The number of amides is 1. The van der Waals surface area contributed by atoms with Gasteiger partial charge in [-0.1, -0.05) is 0 Å². The molecule has 0 unspecified atom stereocenters. The number of hydrogen-bond acceptors (Lipinski definition) is 3. The largest absolute Gasteiger partial charge is 0.463 e. The molecular formula is C18H20FN2O3+. The number of rotatable bonds is 5. The van der Waals surface area contributed by atoms with E-state index in [0.717, 1.165) is 10.7 Å². The average molecular weight is 331 g/mol. The number of benzene rings is 1. The molecular weight excluding hydrogens is 311 g/mol. The molecule has 0 saturated carbocycles. The number of carbonyl (C=O) groups is 1. The summed E-state index contributed by atoms with van der Waals surface area (Å²) in [5, 5.41) is 3.49. The highest BCUT2D eigenvalue weighted by Crippen LogP contribution is 2.26. The van der Waals surface area contributed by atoms with Gasteiger partial charge in [0.05, 0.1) is 26.9 Å². The summed E-state index contributed by atoms with van der Waals surface area (Å²) in [5.41, 5.74) is 1.13. The van der Waals surface area contributed by atoms with Crippen molar-refractivity contribution < 1.29 is 22.9 Å². The Labute approximate surface area is 139 Å². The number of quaternary nitrogens is 1. The van der Waals surface area contributed by atoms with E-state index in [1.807, 2.05) is 26.2 Å².